The van der Waals surface area contributed by atoms with Gasteiger partial charge in [0.15, 0.2) is 0 Å². The summed E-state index contributed by atoms with van der Waals surface area (Å²) < 4.78 is 38.1. The molecule has 0 saturated carbocycles. The van der Waals surface area contributed by atoms with Crippen LogP contribution in [-0.2, 0) is 6.18 Å². The van der Waals surface area contributed by atoms with Gasteiger partial charge in [-0.2, -0.15) is 13.2 Å². The van der Waals surface area contributed by atoms with Gasteiger partial charge in [0, 0.05) is 18.7 Å². The van der Waals surface area contributed by atoms with Crippen LogP contribution in [0.3, 0.4) is 0 Å². The first kappa shape index (κ1) is 14.8. The number of hydrogen-bond acceptors (Lipinski definition) is 4. The van der Waals surface area contributed by atoms with E-state index in [1.54, 1.807) is 0 Å². The first-order valence-electron chi connectivity index (χ1n) is 5.83. The van der Waals surface area contributed by atoms with E-state index in [-0.39, 0.29) is 22.8 Å². The largest absolute Gasteiger partial charge is 0.416 e. The average molecular weight is 297 g/mol. The maximum absolute atomic E-state index is 12.7. The molecule has 0 atom stereocenters. The van der Waals surface area contributed by atoms with Crippen LogP contribution in [0.1, 0.15) is 5.56 Å². The van der Waals surface area contributed by atoms with E-state index in [1.807, 2.05) is 0 Å². The van der Waals surface area contributed by atoms with Crippen molar-refractivity contribution in [2.24, 2.45) is 0 Å². The summed E-state index contributed by atoms with van der Waals surface area (Å²) in [5.74, 6) is 0.205. The molecule has 0 fully saturated rings. The van der Waals surface area contributed by atoms with Crippen molar-refractivity contribution in [1.82, 2.24) is 4.98 Å². The summed E-state index contributed by atoms with van der Waals surface area (Å²) in [5.41, 5.74) is -0.828. The van der Waals surface area contributed by atoms with E-state index in [0.29, 0.717) is 0 Å². The molecule has 0 aliphatic rings. The number of hydrogen-bond donors (Lipinski definition) is 1. The van der Waals surface area contributed by atoms with Crippen molar-refractivity contribution in [3.8, 4) is 11.3 Å². The molecule has 0 unspecified atom stereocenters. The van der Waals surface area contributed by atoms with Crippen molar-refractivity contribution in [2.75, 3.05) is 12.4 Å². The van der Waals surface area contributed by atoms with Gasteiger partial charge in [0.25, 0.3) is 5.69 Å². The topological polar surface area (TPSA) is 68.1 Å². The molecule has 0 amide bonds. The Balaban J connectivity index is 2.56. The highest BCUT2D eigenvalue weighted by atomic mass is 19.4. The Morgan fingerprint density at radius 1 is 1.24 bits per heavy atom. The Morgan fingerprint density at radius 2 is 1.95 bits per heavy atom. The Bertz CT molecular complexity index is 687. The lowest BCUT2D eigenvalue weighted by molar-refractivity contribution is -0.384. The summed E-state index contributed by atoms with van der Waals surface area (Å²) in [7, 11) is 1.52. The molecule has 1 aromatic carbocycles. The van der Waals surface area contributed by atoms with Gasteiger partial charge in [-0.05, 0) is 12.1 Å². The van der Waals surface area contributed by atoms with Crippen molar-refractivity contribution < 1.29 is 18.1 Å². The van der Waals surface area contributed by atoms with Crippen molar-refractivity contribution in [3.05, 3.63) is 52.1 Å². The Morgan fingerprint density at radius 3 is 2.52 bits per heavy atom. The number of rotatable bonds is 3. The maximum Gasteiger partial charge on any atom is 0.416 e. The lowest BCUT2D eigenvalue weighted by atomic mass is 10.1. The van der Waals surface area contributed by atoms with Gasteiger partial charge >= 0.3 is 6.18 Å². The molecule has 1 N–H and O–H groups in total. The van der Waals surface area contributed by atoms with E-state index in [4.69, 9.17) is 0 Å². The zero-order valence-corrected chi connectivity index (χ0v) is 10.8. The number of aromatic nitrogens is 1. The van der Waals surface area contributed by atoms with Gasteiger partial charge in [-0.1, -0.05) is 12.1 Å². The normalized spacial score (nSPS) is 11.2. The van der Waals surface area contributed by atoms with Crippen molar-refractivity contribution in [2.45, 2.75) is 6.18 Å². The third-order valence-electron chi connectivity index (χ3n) is 2.76. The van der Waals surface area contributed by atoms with Gasteiger partial charge in [0.1, 0.15) is 5.82 Å². The van der Waals surface area contributed by atoms with E-state index >= 15 is 0 Å². The smallest absolute Gasteiger partial charge is 0.373 e. The lowest BCUT2D eigenvalue weighted by Crippen LogP contribution is -2.05. The molecule has 8 heteroatoms. The van der Waals surface area contributed by atoms with Gasteiger partial charge in [-0.25, -0.2) is 4.98 Å². The minimum atomic E-state index is -4.48. The van der Waals surface area contributed by atoms with Crippen LogP contribution >= 0.6 is 0 Å². The number of nitrogens with zero attached hydrogens (tertiary/aromatic N) is 2. The van der Waals surface area contributed by atoms with Gasteiger partial charge < -0.3 is 5.32 Å². The molecule has 2 aromatic rings. The number of alkyl halides is 3. The van der Waals surface area contributed by atoms with Crippen LogP contribution in [0.5, 0.6) is 0 Å². The second kappa shape index (κ2) is 5.39. The van der Waals surface area contributed by atoms with Gasteiger partial charge in [0.05, 0.1) is 22.2 Å². The van der Waals surface area contributed by atoms with E-state index in [2.05, 4.69) is 10.3 Å². The second-order valence-electron chi connectivity index (χ2n) is 4.18. The first-order chi connectivity index (χ1) is 9.81. The predicted molar refractivity (Wildman–Crippen MR) is 70.9 cm³/mol. The quantitative estimate of drug-likeness (QED) is 0.692. The molecule has 0 aliphatic carbocycles. The Hall–Kier alpha value is -2.64. The Labute approximate surface area is 117 Å². The molecule has 5 nitrogen and oxygen atoms in total. The molecule has 0 spiro atoms. The fourth-order valence-electron chi connectivity index (χ4n) is 1.75. The summed E-state index contributed by atoms with van der Waals surface area (Å²) in [6.07, 6.45) is -4.48. The van der Waals surface area contributed by atoms with Crippen LogP contribution < -0.4 is 5.32 Å². The summed E-state index contributed by atoms with van der Waals surface area (Å²) in [6.45, 7) is 0. The van der Waals surface area contributed by atoms with Crippen LogP contribution in [0.25, 0.3) is 11.3 Å². The fourth-order valence-corrected chi connectivity index (χ4v) is 1.75. The van der Waals surface area contributed by atoms with Crippen LogP contribution in [0.4, 0.5) is 24.7 Å². The maximum atomic E-state index is 12.7. The third-order valence-corrected chi connectivity index (χ3v) is 2.76. The minimum Gasteiger partial charge on any atom is -0.373 e. The van der Waals surface area contributed by atoms with E-state index in [0.717, 1.165) is 18.2 Å². The molecule has 110 valence electrons. The zero-order valence-electron chi connectivity index (χ0n) is 10.8. The number of pyridine rings is 1. The SMILES string of the molecule is CNc1cc([N+](=O)[O-])cc(-c2cccc(C(F)(F)F)c2)n1. The summed E-state index contributed by atoms with van der Waals surface area (Å²) in [4.78, 5) is 14.3. The molecule has 21 heavy (non-hydrogen) atoms. The molecular formula is C13H10F3N3O2. The Kier molecular flexibility index (Phi) is 3.79. The average Bonchev–Trinajstić information content (AvgIpc) is 2.46. The molecule has 0 bridgehead atoms. The summed E-state index contributed by atoms with van der Waals surface area (Å²) >= 11 is 0. The summed E-state index contributed by atoms with van der Waals surface area (Å²) in [5, 5.41) is 13.5. The van der Waals surface area contributed by atoms with E-state index < -0.39 is 16.7 Å². The predicted octanol–water partition coefficient (Wildman–Crippen LogP) is 3.72. The van der Waals surface area contributed by atoms with Crippen molar-refractivity contribution >= 4 is 11.5 Å². The number of nitrogens with one attached hydrogen (secondary N) is 1. The van der Waals surface area contributed by atoms with Crippen LogP contribution in [0.2, 0.25) is 0 Å². The standard InChI is InChI=1S/C13H10F3N3O2/c1-17-12-7-10(19(20)21)6-11(18-12)8-3-2-4-9(5-8)13(14,15)16/h2-7H,1H3,(H,17,18). The van der Waals surface area contributed by atoms with Crippen LogP contribution in [0, 0.1) is 10.1 Å². The first-order valence-corrected chi connectivity index (χ1v) is 5.83. The number of nitro groups is 1. The third kappa shape index (κ3) is 3.28. The summed E-state index contributed by atoms with van der Waals surface area (Å²) in [6, 6.07) is 6.83. The van der Waals surface area contributed by atoms with Crippen LogP contribution in [0.15, 0.2) is 36.4 Å². The van der Waals surface area contributed by atoms with Crippen molar-refractivity contribution in [1.29, 1.82) is 0 Å². The molecule has 0 aliphatic heterocycles. The fraction of sp³-hybridized carbons (Fsp3) is 0.154. The zero-order chi connectivity index (χ0) is 15.6. The number of halogens is 3. The van der Waals surface area contributed by atoms with Gasteiger partial charge in [-0.3, -0.25) is 10.1 Å². The second-order valence-corrected chi connectivity index (χ2v) is 4.18. The molecule has 0 saturated heterocycles. The molecule has 1 aromatic heterocycles. The van der Waals surface area contributed by atoms with Crippen LogP contribution in [-0.4, -0.2) is 17.0 Å². The van der Waals surface area contributed by atoms with E-state index in [9.17, 15) is 23.3 Å². The monoisotopic (exact) mass is 297 g/mol. The number of benzene rings is 1. The molecule has 0 radical (unpaired) electrons. The lowest BCUT2D eigenvalue weighted by Gasteiger charge is -2.09. The van der Waals surface area contributed by atoms with Gasteiger partial charge in [0.2, 0.25) is 0 Å². The highest BCUT2D eigenvalue weighted by molar-refractivity contribution is 5.66. The minimum absolute atomic E-state index is 0.0969. The number of anilines is 1. The van der Waals surface area contributed by atoms with Gasteiger partial charge in [-0.15, -0.1) is 0 Å². The highest BCUT2D eigenvalue weighted by Gasteiger charge is 2.30. The molecular weight excluding hydrogens is 287 g/mol. The highest BCUT2D eigenvalue weighted by Crippen LogP contribution is 2.32. The van der Waals surface area contributed by atoms with E-state index in [1.165, 1.54) is 25.2 Å². The van der Waals surface area contributed by atoms with Crippen molar-refractivity contribution in [3.63, 3.8) is 0 Å². The molecule has 2 rings (SSSR count). The molecule has 1 heterocycles.